The number of aryl methyl sites for hydroxylation is 1. The molecule has 3 aromatic rings. The Balaban J connectivity index is 2.10. The Morgan fingerprint density at radius 2 is 1.78 bits per heavy atom. The first-order valence-corrected chi connectivity index (χ1v) is 7.00. The number of nitro groups is 1. The molecule has 0 saturated heterocycles. The number of fused-ring (bicyclic) bond motifs is 1. The van der Waals surface area contributed by atoms with Crippen molar-refractivity contribution in [1.82, 2.24) is 4.57 Å². The fourth-order valence-corrected chi connectivity index (χ4v) is 2.63. The highest BCUT2D eigenvalue weighted by Gasteiger charge is 2.17. The number of rotatable bonds is 3. The van der Waals surface area contributed by atoms with Crippen molar-refractivity contribution in [1.29, 1.82) is 0 Å². The van der Waals surface area contributed by atoms with Crippen LogP contribution in [0, 0.1) is 10.1 Å². The molecule has 0 aliphatic heterocycles. The molecule has 23 heavy (non-hydrogen) atoms. The summed E-state index contributed by atoms with van der Waals surface area (Å²) >= 11 is 0. The second kappa shape index (κ2) is 5.66. The molecule has 6 heteroatoms. The average molecular weight is 310 g/mol. The van der Waals surface area contributed by atoms with Gasteiger partial charge in [0, 0.05) is 30.6 Å². The smallest absolute Gasteiger partial charge is 0.269 e. The van der Waals surface area contributed by atoms with Gasteiger partial charge in [-0.2, -0.15) is 0 Å². The molecule has 0 bridgehead atoms. The molecule has 0 aliphatic carbocycles. The van der Waals surface area contributed by atoms with Gasteiger partial charge >= 0.3 is 0 Å². The number of nitrogens with zero attached hydrogens (tertiary/aromatic N) is 2. The van der Waals surface area contributed by atoms with E-state index in [2.05, 4.69) is 0 Å². The van der Waals surface area contributed by atoms with Crippen molar-refractivity contribution in [3.05, 3.63) is 86.2 Å². The van der Waals surface area contributed by atoms with E-state index in [0.717, 1.165) is 5.52 Å². The molecule has 1 N–H and O–H groups in total. The Morgan fingerprint density at radius 3 is 2.43 bits per heavy atom. The lowest BCUT2D eigenvalue weighted by molar-refractivity contribution is -0.384. The summed E-state index contributed by atoms with van der Waals surface area (Å²) in [7, 11) is 1.77. The molecule has 0 aliphatic rings. The first kappa shape index (κ1) is 14.9. The minimum atomic E-state index is -1.04. The van der Waals surface area contributed by atoms with Gasteiger partial charge in [-0.15, -0.1) is 0 Å². The van der Waals surface area contributed by atoms with E-state index in [1.165, 1.54) is 30.3 Å². The van der Waals surface area contributed by atoms with Gasteiger partial charge in [0.25, 0.3) is 5.69 Å². The van der Waals surface area contributed by atoms with Gasteiger partial charge in [-0.05, 0) is 29.8 Å². The van der Waals surface area contributed by atoms with Crippen LogP contribution in [0.5, 0.6) is 0 Å². The molecular formula is C17H14N2O4. The van der Waals surface area contributed by atoms with Crippen LogP contribution in [0.3, 0.4) is 0 Å². The van der Waals surface area contributed by atoms with E-state index >= 15 is 0 Å². The summed E-state index contributed by atoms with van der Waals surface area (Å²) in [5.74, 6) is 0. The van der Waals surface area contributed by atoms with Gasteiger partial charge in [-0.1, -0.05) is 12.1 Å². The van der Waals surface area contributed by atoms with Gasteiger partial charge in [0.15, 0.2) is 5.43 Å². The minimum Gasteiger partial charge on any atom is -0.382 e. The van der Waals surface area contributed by atoms with E-state index in [0.29, 0.717) is 16.6 Å². The first-order valence-electron chi connectivity index (χ1n) is 7.00. The van der Waals surface area contributed by atoms with Gasteiger partial charge in [-0.25, -0.2) is 0 Å². The fraction of sp³-hybridized carbons (Fsp3) is 0.118. The second-order valence-electron chi connectivity index (χ2n) is 5.26. The summed E-state index contributed by atoms with van der Waals surface area (Å²) in [6.45, 7) is 0. The van der Waals surface area contributed by atoms with E-state index in [9.17, 15) is 20.0 Å². The number of para-hydroxylation sites is 1. The molecule has 2 aromatic carbocycles. The maximum Gasteiger partial charge on any atom is 0.269 e. The van der Waals surface area contributed by atoms with Gasteiger partial charge in [0.05, 0.1) is 16.1 Å². The van der Waals surface area contributed by atoms with Gasteiger partial charge in [-0.3, -0.25) is 14.9 Å². The lowest BCUT2D eigenvalue weighted by Gasteiger charge is -2.17. The summed E-state index contributed by atoms with van der Waals surface area (Å²) in [6.07, 6.45) is -1.04. The number of benzene rings is 2. The average Bonchev–Trinajstić information content (AvgIpc) is 2.57. The SMILES string of the molecule is Cn1c(C(O)c2ccc([N+](=O)[O-])cc2)cc(=O)c2ccccc21. The number of aliphatic hydroxyl groups excluding tert-OH is 1. The highest BCUT2D eigenvalue weighted by Crippen LogP contribution is 2.24. The van der Waals surface area contributed by atoms with Crippen LogP contribution in [0.4, 0.5) is 5.69 Å². The highest BCUT2D eigenvalue weighted by atomic mass is 16.6. The third kappa shape index (κ3) is 2.60. The third-order valence-corrected chi connectivity index (χ3v) is 3.90. The van der Waals surface area contributed by atoms with E-state index in [4.69, 9.17) is 0 Å². The fourth-order valence-electron chi connectivity index (χ4n) is 2.63. The summed E-state index contributed by atoms with van der Waals surface area (Å²) < 4.78 is 1.75. The van der Waals surface area contributed by atoms with Crippen molar-refractivity contribution >= 4 is 16.6 Å². The Kier molecular flexibility index (Phi) is 3.67. The van der Waals surface area contributed by atoms with Crippen LogP contribution < -0.4 is 5.43 Å². The molecule has 1 heterocycles. The number of nitro benzene ring substituents is 1. The zero-order chi connectivity index (χ0) is 16.6. The predicted octanol–water partition coefficient (Wildman–Crippen LogP) is 2.53. The summed E-state index contributed by atoms with van der Waals surface area (Å²) in [4.78, 5) is 22.4. The Morgan fingerprint density at radius 1 is 1.13 bits per heavy atom. The molecule has 0 saturated carbocycles. The Hall–Kier alpha value is -2.99. The molecule has 0 fully saturated rings. The minimum absolute atomic E-state index is 0.0478. The van der Waals surface area contributed by atoms with Crippen molar-refractivity contribution in [2.75, 3.05) is 0 Å². The largest absolute Gasteiger partial charge is 0.382 e. The zero-order valence-electron chi connectivity index (χ0n) is 12.3. The van der Waals surface area contributed by atoms with Gasteiger partial charge in [0.1, 0.15) is 6.10 Å². The summed E-state index contributed by atoms with van der Waals surface area (Å²) in [5.41, 5.74) is 1.42. The molecular weight excluding hydrogens is 296 g/mol. The predicted molar refractivity (Wildman–Crippen MR) is 86.3 cm³/mol. The Bertz CT molecular complexity index is 945. The molecule has 116 valence electrons. The quantitative estimate of drug-likeness (QED) is 0.595. The molecule has 6 nitrogen and oxygen atoms in total. The van der Waals surface area contributed by atoms with Crippen LogP contribution in [-0.2, 0) is 7.05 Å². The van der Waals surface area contributed by atoms with Crippen LogP contribution in [0.15, 0.2) is 59.4 Å². The topological polar surface area (TPSA) is 85.4 Å². The van der Waals surface area contributed by atoms with Crippen molar-refractivity contribution in [2.45, 2.75) is 6.10 Å². The van der Waals surface area contributed by atoms with Crippen LogP contribution >= 0.6 is 0 Å². The molecule has 3 rings (SSSR count). The summed E-state index contributed by atoms with van der Waals surface area (Å²) in [5, 5.41) is 21.8. The number of hydrogen-bond acceptors (Lipinski definition) is 4. The molecule has 0 amide bonds. The second-order valence-corrected chi connectivity index (χ2v) is 5.26. The van der Waals surface area contributed by atoms with Gasteiger partial charge < -0.3 is 9.67 Å². The zero-order valence-corrected chi connectivity index (χ0v) is 12.3. The molecule has 0 spiro atoms. The van der Waals surface area contributed by atoms with Crippen LogP contribution in [-0.4, -0.2) is 14.6 Å². The maximum absolute atomic E-state index is 12.2. The van der Waals surface area contributed by atoms with Crippen molar-refractivity contribution in [3.8, 4) is 0 Å². The van der Waals surface area contributed by atoms with E-state index < -0.39 is 11.0 Å². The van der Waals surface area contributed by atoms with Crippen molar-refractivity contribution in [2.24, 2.45) is 7.05 Å². The van der Waals surface area contributed by atoms with Crippen LogP contribution in [0.2, 0.25) is 0 Å². The standard InChI is InChI=1S/C17H14N2O4/c1-18-14-5-3-2-4-13(14)16(20)10-15(18)17(21)11-6-8-12(9-7-11)19(22)23/h2-10,17,21H,1H3. The van der Waals surface area contributed by atoms with Crippen molar-refractivity contribution < 1.29 is 10.0 Å². The van der Waals surface area contributed by atoms with Crippen LogP contribution in [0.1, 0.15) is 17.4 Å². The first-order chi connectivity index (χ1) is 11.0. The molecule has 1 unspecified atom stereocenters. The number of pyridine rings is 1. The number of aliphatic hydroxyl groups is 1. The molecule has 1 aromatic heterocycles. The van der Waals surface area contributed by atoms with E-state index in [-0.39, 0.29) is 11.1 Å². The summed E-state index contributed by atoms with van der Waals surface area (Å²) in [6, 6.07) is 14.2. The normalized spacial score (nSPS) is 12.3. The lowest BCUT2D eigenvalue weighted by Crippen LogP contribution is -2.15. The Labute approximate surface area is 131 Å². The highest BCUT2D eigenvalue weighted by molar-refractivity contribution is 5.79. The maximum atomic E-state index is 12.2. The molecule has 0 radical (unpaired) electrons. The number of non-ortho nitro benzene ring substituents is 1. The lowest BCUT2D eigenvalue weighted by atomic mass is 10.0. The molecule has 1 atom stereocenters. The number of aromatic nitrogens is 1. The number of hydrogen-bond donors (Lipinski definition) is 1. The van der Waals surface area contributed by atoms with Crippen LogP contribution in [0.25, 0.3) is 10.9 Å². The van der Waals surface area contributed by atoms with Crippen molar-refractivity contribution in [3.63, 3.8) is 0 Å². The van der Waals surface area contributed by atoms with E-state index in [1.807, 2.05) is 12.1 Å². The monoisotopic (exact) mass is 310 g/mol. The van der Waals surface area contributed by atoms with E-state index in [1.54, 1.807) is 23.7 Å². The third-order valence-electron chi connectivity index (χ3n) is 3.90. The van der Waals surface area contributed by atoms with Gasteiger partial charge in [0.2, 0.25) is 0 Å².